The Bertz CT molecular complexity index is 1000. The van der Waals surface area contributed by atoms with E-state index >= 15 is 0 Å². The van der Waals surface area contributed by atoms with Crippen molar-refractivity contribution in [2.75, 3.05) is 12.4 Å². The molecule has 44 heavy (non-hydrogen) atoms. The van der Waals surface area contributed by atoms with Gasteiger partial charge >= 0.3 is 11.9 Å². The average molecular weight is 638 g/mol. The maximum Gasteiger partial charge on any atom is 0.306 e. The topological polar surface area (TPSA) is 52.6 Å². The molecule has 1 atom stereocenters. The summed E-state index contributed by atoms with van der Waals surface area (Å²) in [5.74, 6) is -5.05. The maximum atomic E-state index is 12.5. The molecule has 4 nitrogen and oxygen atoms in total. The van der Waals surface area contributed by atoms with Crippen LogP contribution in [0.15, 0.2) is 60.8 Å². The van der Waals surface area contributed by atoms with Gasteiger partial charge in [0.05, 0.1) is 9.94 Å². The predicted molar refractivity (Wildman–Crippen MR) is 190 cm³/mol. The molecule has 0 unspecified atom stereocenters. The second-order valence-corrected chi connectivity index (χ2v) is 11.2. The molecule has 0 heterocycles. The van der Waals surface area contributed by atoms with Crippen molar-refractivity contribution in [2.45, 2.75) is 161 Å². The van der Waals surface area contributed by atoms with Crippen molar-refractivity contribution < 1.29 is 25.9 Å². The Hall–Kier alpha value is -2.07. The minimum atomic E-state index is -3.29. The van der Waals surface area contributed by atoms with Crippen molar-refractivity contribution in [1.82, 2.24) is 0 Å². The van der Waals surface area contributed by atoms with Crippen LogP contribution in [0, 0.1) is 0 Å². The summed E-state index contributed by atoms with van der Waals surface area (Å²) in [7, 11) is 0. The molecule has 0 aliphatic carbocycles. The number of allylic oxidation sites excluding steroid dienone is 10. The third kappa shape index (κ3) is 32.8. The number of alkyl halides is 1. The van der Waals surface area contributed by atoms with Crippen molar-refractivity contribution in [3.8, 4) is 0 Å². The lowest BCUT2D eigenvalue weighted by Gasteiger charge is -2.15. The molecular weight excluding hydrogens is 568 g/mol. The summed E-state index contributed by atoms with van der Waals surface area (Å²) >= 11 is 5.71. The first-order valence-electron chi connectivity index (χ1n) is 19.8. The van der Waals surface area contributed by atoms with E-state index in [1.165, 1.54) is 19.3 Å². The SMILES string of the molecule is [2H]C([2H])(Cl)[C@]([2H])(OC(=O)CCCCCCC/C=C\C/C=C\C/C=C\CC)C([2H])([2H])OC(=O)CCCCCCC/C=C\C/C=C\CCCCC. The number of esters is 2. The number of unbranched alkanes of at least 4 members (excludes halogenated alkanes) is 13. The van der Waals surface area contributed by atoms with Gasteiger partial charge in [-0.3, -0.25) is 9.59 Å². The van der Waals surface area contributed by atoms with Crippen LogP contribution in [-0.2, 0) is 19.1 Å². The molecule has 0 aromatic heterocycles. The molecule has 0 N–H and O–H groups in total. The van der Waals surface area contributed by atoms with Gasteiger partial charge in [0.25, 0.3) is 0 Å². The molecule has 252 valence electrons. The Morgan fingerprint density at radius 2 is 1.05 bits per heavy atom. The normalized spacial score (nSPS) is 15.9. The number of carbonyl (C=O) groups excluding carboxylic acids is 2. The van der Waals surface area contributed by atoms with Crippen molar-refractivity contribution in [1.29, 1.82) is 0 Å². The smallest absolute Gasteiger partial charge is 0.306 e. The number of carbonyl (C=O) groups is 2. The van der Waals surface area contributed by atoms with Crippen LogP contribution in [0.5, 0.6) is 0 Å². The standard InChI is InChI=1S/C39H65ClO4/c1-3-5-7-9-11-13-15-17-19-21-23-25-27-29-31-33-38(41)43-36-37(35-40)44-39(42)34-32-30-28-26-24-22-20-18-16-14-12-10-8-6-4-2/h6,8,11-14,17-20,37H,3-5,7,9-10,15-16,21-36H2,1-2H3/b8-6-,13-11-,14-12-,19-17-,20-18-/t37-/m0/s1/i35D2,36D2,37D. The van der Waals surface area contributed by atoms with Crippen molar-refractivity contribution in [2.24, 2.45) is 0 Å². The molecule has 5 heteroatoms. The quantitative estimate of drug-likeness (QED) is 0.0328. The molecular formula is C39H65ClO4. The molecule has 0 rings (SSSR count). The van der Waals surface area contributed by atoms with E-state index in [2.05, 4.69) is 74.6 Å². The third-order valence-electron chi connectivity index (χ3n) is 6.92. The highest BCUT2D eigenvalue weighted by Crippen LogP contribution is 2.11. The summed E-state index contributed by atoms with van der Waals surface area (Å²) in [6.45, 7) is 1.03. The molecule has 0 saturated carbocycles. The van der Waals surface area contributed by atoms with Gasteiger partial charge in [-0.1, -0.05) is 126 Å². The molecule has 0 aromatic rings. The summed E-state index contributed by atoms with van der Waals surface area (Å²) in [5.41, 5.74) is 0. The minimum absolute atomic E-state index is 0.0942. The van der Waals surface area contributed by atoms with E-state index in [9.17, 15) is 9.59 Å². The van der Waals surface area contributed by atoms with Crippen LogP contribution >= 0.6 is 11.6 Å². The van der Waals surface area contributed by atoms with Crippen LogP contribution in [0.25, 0.3) is 0 Å². The van der Waals surface area contributed by atoms with Gasteiger partial charge < -0.3 is 9.47 Å². The zero-order valence-corrected chi connectivity index (χ0v) is 28.6. The molecule has 0 bridgehead atoms. The highest BCUT2D eigenvalue weighted by molar-refractivity contribution is 6.18. The molecule has 0 amide bonds. The fourth-order valence-corrected chi connectivity index (χ4v) is 4.42. The first-order chi connectivity index (χ1) is 23.4. The number of ether oxygens (including phenoxy) is 2. The lowest BCUT2D eigenvalue weighted by Crippen LogP contribution is -2.26. The van der Waals surface area contributed by atoms with Crippen molar-refractivity contribution >= 4 is 23.5 Å². The Morgan fingerprint density at radius 3 is 1.55 bits per heavy atom. The van der Waals surface area contributed by atoms with Crippen molar-refractivity contribution in [3.05, 3.63) is 60.8 Å². The second kappa shape index (κ2) is 35.4. The second-order valence-electron chi connectivity index (χ2n) is 11.1. The van der Waals surface area contributed by atoms with Gasteiger partial charge in [-0.25, -0.2) is 0 Å². The van der Waals surface area contributed by atoms with Crippen LogP contribution in [0.4, 0.5) is 0 Å². The number of hydrogen-bond donors (Lipinski definition) is 0. The fraction of sp³-hybridized carbons (Fsp3) is 0.692. The zero-order chi connectivity index (χ0) is 36.7. The summed E-state index contributed by atoms with van der Waals surface area (Å²) in [4.78, 5) is 24.9. The van der Waals surface area contributed by atoms with E-state index < -0.39 is 30.4 Å². The summed E-state index contributed by atoms with van der Waals surface area (Å²) in [6.07, 6.45) is 37.5. The van der Waals surface area contributed by atoms with E-state index in [4.69, 9.17) is 27.9 Å². The molecule has 0 spiro atoms. The van der Waals surface area contributed by atoms with Gasteiger partial charge in [0.15, 0.2) is 0 Å². The Labute approximate surface area is 283 Å². The minimum Gasteiger partial charge on any atom is -0.462 e. The summed E-state index contributed by atoms with van der Waals surface area (Å²) in [5, 5.41) is 0. The van der Waals surface area contributed by atoms with Gasteiger partial charge in [0.2, 0.25) is 0 Å². The molecule has 0 aliphatic rings. The summed E-state index contributed by atoms with van der Waals surface area (Å²) < 4.78 is 50.1. The Morgan fingerprint density at radius 1 is 0.614 bits per heavy atom. The van der Waals surface area contributed by atoms with Gasteiger partial charge in [-0.05, 0) is 77.0 Å². The first-order valence-corrected chi connectivity index (χ1v) is 17.7. The third-order valence-corrected chi connectivity index (χ3v) is 7.09. The first kappa shape index (κ1) is 33.3. The van der Waals surface area contributed by atoms with Gasteiger partial charge in [0.1, 0.15) is 12.6 Å². The van der Waals surface area contributed by atoms with E-state index in [0.29, 0.717) is 12.8 Å². The monoisotopic (exact) mass is 637 g/mol. The molecule has 0 saturated heterocycles. The zero-order valence-electron chi connectivity index (χ0n) is 32.8. The molecule has 0 fully saturated rings. The number of halogens is 1. The fourth-order valence-electron chi connectivity index (χ4n) is 4.35. The van der Waals surface area contributed by atoms with E-state index in [0.717, 1.165) is 96.3 Å². The van der Waals surface area contributed by atoms with E-state index in [1.54, 1.807) is 0 Å². The van der Waals surface area contributed by atoms with Crippen LogP contribution in [0.3, 0.4) is 0 Å². The summed E-state index contributed by atoms with van der Waals surface area (Å²) in [6, 6.07) is 0. The van der Waals surface area contributed by atoms with E-state index in [1.807, 2.05) is 0 Å². The van der Waals surface area contributed by atoms with Crippen LogP contribution in [0.2, 0.25) is 0 Å². The van der Waals surface area contributed by atoms with Crippen LogP contribution in [-0.4, -0.2) is 30.4 Å². The predicted octanol–water partition coefficient (Wildman–Crippen LogP) is 12.1. The maximum absolute atomic E-state index is 12.5. The van der Waals surface area contributed by atoms with Crippen LogP contribution in [0.1, 0.15) is 162 Å². The average Bonchev–Trinajstić information content (AvgIpc) is 3.03. The molecule has 0 aliphatic heterocycles. The van der Waals surface area contributed by atoms with Gasteiger partial charge in [0, 0.05) is 15.6 Å². The van der Waals surface area contributed by atoms with Gasteiger partial charge in [-0.2, -0.15) is 0 Å². The lowest BCUT2D eigenvalue weighted by molar-refractivity contribution is -0.157. The van der Waals surface area contributed by atoms with Crippen molar-refractivity contribution in [3.63, 3.8) is 0 Å². The van der Waals surface area contributed by atoms with Gasteiger partial charge in [-0.15, -0.1) is 11.6 Å². The number of hydrogen-bond acceptors (Lipinski definition) is 4. The van der Waals surface area contributed by atoms with E-state index in [-0.39, 0.29) is 12.8 Å². The van der Waals surface area contributed by atoms with Crippen LogP contribution < -0.4 is 0 Å². The molecule has 0 radical (unpaired) electrons. The highest BCUT2D eigenvalue weighted by Gasteiger charge is 2.16. The number of rotatable bonds is 31. The Balaban J connectivity index is 4.31. The lowest BCUT2D eigenvalue weighted by atomic mass is 10.1. The Kier molecular flexibility index (Phi) is 26.8. The molecule has 0 aromatic carbocycles. The highest BCUT2D eigenvalue weighted by atomic mass is 35.5. The largest absolute Gasteiger partial charge is 0.462 e.